The van der Waals surface area contributed by atoms with Gasteiger partial charge in [-0.05, 0) is 20.8 Å². The minimum atomic E-state index is 0.493. The summed E-state index contributed by atoms with van der Waals surface area (Å²) in [5, 5.41) is 4.02. The predicted molar refractivity (Wildman–Crippen MR) is 85.7 cm³/mol. The molecule has 1 N–H and O–H groups in total. The molecule has 7 heteroatoms. The molecule has 0 atom stereocenters. The van der Waals surface area contributed by atoms with Crippen molar-refractivity contribution in [3.05, 3.63) is 29.4 Å². The van der Waals surface area contributed by atoms with E-state index < -0.39 is 0 Å². The molecule has 0 fully saturated rings. The second-order valence-electron chi connectivity index (χ2n) is 5.41. The van der Waals surface area contributed by atoms with Gasteiger partial charge in [0.1, 0.15) is 23.7 Å². The maximum Gasteiger partial charge on any atom is 0.231 e. The largest absolute Gasteiger partial charge is 0.443 e. The first kappa shape index (κ1) is 14.2. The fourth-order valence-corrected chi connectivity index (χ4v) is 2.33. The number of furan rings is 1. The molecule has 0 unspecified atom stereocenters. The summed E-state index contributed by atoms with van der Waals surface area (Å²) in [6.45, 7) is 5.87. The van der Waals surface area contributed by atoms with Gasteiger partial charge in [0.15, 0.2) is 0 Å². The van der Waals surface area contributed by atoms with Crippen molar-refractivity contribution < 1.29 is 4.42 Å². The maximum absolute atomic E-state index is 5.62. The SMILES string of the molecule is Cc1cnc(Nc2ncnc3oc(C)c(C)c23)nc1N(C)C. The minimum Gasteiger partial charge on any atom is -0.443 e. The van der Waals surface area contributed by atoms with E-state index in [2.05, 4.69) is 25.3 Å². The highest BCUT2D eigenvalue weighted by atomic mass is 16.3. The van der Waals surface area contributed by atoms with Crippen LogP contribution in [0.4, 0.5) is 17.6 Å². The standard InChI is InChI=1S/C15H18N6O/c1-8-6-16-15(20-13(8)21(4)5)19-12-11-9(2)10(3)22-14(11)18-7-17-12/h6-7H,1-5H3,(H,16,17,18,19,20). The summed E-state index contributed by atoms with van der Waals surface area (Å²) in [6.07, 6.45) is 3.25. The summed E-state index contributed by atoms with van der Waals surface area (Å²) in [6, 6.07) is 0. The molecule has 0 aliphatic rings. The van der Waals surface area contributed by atoms with Crippen molar-refractivity contribution in [2.75, 3.05) is 24.3 Å². The molecule has 7 nitrogen and oxygen atoms in total. The van der Waals surface area contributed by atoms with E-state index in [1.165, 1.54) is 6.33 Å². The molecule has 0 saturated carbocycles. The second-order valence-corrected chi connectivity index (χ2v) is 5.41. The molecule has 0 spiro atoms. The lowest BCUT2D eigenvalue weighted by molar-refractivity contribution is 0.564. The van der Waals surface area contributed by atoms with E-state index in [1.807, 2.05) is 39.8 Å². The molecule has 0 aromatic carbocycles. The smallest absolute Gasteiger partial charge is 0.231 e. The topological polar surface area (TPSA) is 80.0 Å². The number of nitrogens with one attached hydrogen (secondary N) is 1. The first-order chi connectivity index (χ1) is 10.5. The van der Waals surface area contributed by atoms with E-state index in [0.717, 1.165) is 28.1 Å². The summed E-state index contributed by atoms with van der Waals surface area (Å²) in [5.41, 5.74) is 2.59. The van der Waals surface area contributed by atoms with Gasteiger partial charge < -0.3 is 14.6 Å². The zero-order valence-electron chi connectivity index (χ0n) is 13.3. The van der Waals surface area contributed by atoms with Crippen LogP contribution in [0.3, 0.4) is 0 Å². The summed E-state index contributed by atoms with van der Waals surface area (Å²) in [5.74, 6) is 2.83. The number of nitrogens with zero attached hydrogens (tertiary/aromatic N) is 5. The summed E-state index contributed by atoms with van der Waals surface area (Å²) in [7, 11) is 3.90. The molecule has 3 aromatic rings. The number of rotatable bonds is 3. The minimum absolute atomic E-state index is 0.493. The molecular weight excluding hydrogens is 280 g/mol. The summed E-state index contributed by atoms with van der Waals surface area (Å²) in [4.78, 5) is 19.2. The van der Waals surface area contributed by atoms with Gasteiger partial charge in [0.25, 0.3) is 0 Å². The van der Waals surface area contributed by atoms with E-state index in [1.54, 1.807) is 6.20 Å². The number of anilines is 3. The van der Waals surface area contributed by atoms with Crippen LogP contribution in [0.25, 0.3) is 11.1 Å². The van der Waals surface area contributed by atoms with Gasteiger partial charge in [-0.25, -0.2) is 15.0 Å². The normalized spacial score (nSPS) is 11.0. The lowest BCUT2D eigenvalue weighted by atomic mass is 10.2. The lowest BCUT2D eigenvalue weighted by Gasteiger charge is -2.15. The summed E-state index contributed by atoms with van der Waals surface area (Å²) < 4.78 is 5.62. The van der Waals surface area contributed by atoms with Crippen LogP contribution in [0.2, 0.25) is 0 Å². The van der Waals surface area contributed by atoms with Crippen molar-refractivity contribution in [1.82, 2.24) is 19.9 Å². The Hall–Kier alpha value is -2.70. The molecule has 0 saturated heterocycles. The van der Waals surface area contributed by atoms with Gasteiger partial charge in [0.05, 0.1) is 5.39 Å². The Kier molecular flexibility index (Phi) is 3.40. The Balaban J connectivity index is 2.05. The number of hydrogen-bond acceptors (Lipinski definition) is 7. The number of aryl methyl sites for hydroxylation is 3. The van der Waals surface area contributed by atoms with Gasteiger partial charge in [-0.15, -0.1) is 0 Å². The highest BCUT2D eigenvalue weighted by molar-refractivity contribution is 5.90. The molecule has 3 rings (SSSR count). The molecule has 0 aliphatic carbocycles. The predicted octanol–water partition coefficient (Wildman–Crippen LogP) is 2.75. The molecular formula is C15H18N6O. The number of hydrogen-bond donors (Lipinski definition) is 1. The van der Waals surface area contributed by atoms with Crippen LogP contribution in [0.5, 0.6) is 0 Å². The van der Waals surface area contributed by atoms with Gasteiger partial charge in [-0.2, -0.15) is 4.98 Å². The highest BCUT2D eigenvalue weighted by Crippen LogP contribution is 2.29. The van der Waals surface area contributed by atoms with Crippen molar-refractivity contribution in [3.8, 4) is 0 Å². The summed E-state index contributed by atoms with van der Waals surface area (Å²) >= 11 is 0. The Labute approximate surface area is 128 Å². The van der Waals surface area contributed by atoms with Crippen molar-refractivity contribution >= 4 is 28.7 Å². The Morgan fingerprint density at radius 2 is 1.86 bits per heavy atom. The number of aromatic nitrogens is 4. The van der Waals surface area contributed by atoms with Gasteiger partial charge in [0.2, 0.25) is 11.7 Å². The molecule has 0 amide bonds. The highest BCUT2D eigenvalue weighted by Gasteiger charge is 2.15. The van der Waals surface area contributed by atoms with Crippen molar-refractivity contribution in [3.63, 3.8) is 0 Å². The molecule has 0 aliphatic heterocycles. The third-order valence-electron chi connectivity index (χ3n) is 3.56. The van der Waals surface area contributed by atoms with Crippen molar-refractivity contribution in [2.45, 2.75) is 20.8 Å². The van der Waals surface area contributed by atoms with Crippen LogP contribution in [-0.4, -0.2) is 34.0 Å². The van der Waals surface area contributed by atoms with E-state index in [0.29, 0.717) is 17.5 Å². The van der Waals surface area contributed by atoms with E-state index >= 15 is 0 Å². The third-order valence-corrected chi connectivity index (χ3v) is 3.56. The Bertz CT molecular complexity index is 839. The Morgan fingerprint density at radius 3 is 2.59 bits per heavy atom. The van der Waals surface area contributed by atoms with Crippen molar-refractivity contribution in [2.24, 2.45) is 0 Å². The van der Waals surface area contributed by atoms with Crippen LogP contribution in [0, 0.1) is 20.8 Å². The lowest BCUT2D eigenvalue weighted by Crippen LogP contribution is -2.14. The maximum atomic E-state index is 5.62. The van der Waals surface area contributed by atoms with Crippen LogP contribution >= 0.6 is 0 Å². The second kappa shape index (κ2) is 5.25. The van der Waals surface area contributed by atoms with E-state index in [-0.39, 0.29) is 0 Å². The van der Waals surface area contributed by atoms with Gasteiger partial charge in [-0.3, -0.25) is 0 Å². The van der Waals surface area contributed by atoms with E-state index in [4.69, 9.17) is 4.42 Å². The average molecular weight is 298 g/mol. The van der Waals surface area contributed by atoms with Crippen LogP contribution in [0.15, 0.2) is 16.9 Å². The van der Waals surface area contributed by atoms with Gasteiger partial charge >= 0.3 is 0 Å². The molecule has 0 bridgehead atoms. The Morgan fingerprint density at radius 1 is 1.09 bits per heavy atom. The number of fused-ring (bicyclic) bond motifs is 1. The third kappa shape index (κ3) is 2.34. The monoisotopic (exact) mass is 298 g/mol. The molecule has 3 heterocycles. The molecule has 114 valence electrons. The quantitative estimate of drug-likeness (QED) is 0.796. The fraction of sp³-hybridized carbons (Fsp3) is 0.333. The fourth-order valence-electron chi connectivity index (χ4n) is 2.33. The first-order valence-corrected chi connectivity index (χ1v) is 6.96. The van der Waals surface area contributed by atoms with Crippen LogP contribution in [0.1, 0.15) is 16.9 Å². The van der Waals surface area contributed by atoms with Crippen LogP contribution < -0.4 is 10.2 Å². The van der Waals surface area contributed by atoms with Crippen molar-refractivity contribution in [1.29, 1.82) is 0 Å². The average Bonchev–Trinajstić information content (AvgIpc) is 2.77. The van der Waals surface area contributed by atoms with Gasteiger partial charge in [-0.1, -0.05) is 0 Å². The molecule has 22 heavy (non-hydrogen) atoms. The zero-order valence-corrected chi connectivity index (χ0v) is 13.3. The van der Waals surface area contributed by atoms with Crippen LogP contribution in [-0.2, 0) is 0 Å². The first-order valence-electron chi connectivity index (χ1n) is 6.96. The van der Waals surface area contributed by atoms with E-state index in [9.17, 15) is 0 Å². The molecule has 0 radical (unpaired) electrons. The molecule has 3 aromatic heterocycles. The zero-order chi connectivity index (χ0) is 15.9. The van der Waals surface area contributed by atoms with Gasteiger partial charge in [0, 0.05) is 31.4 Å².